The van der Waals surface area contributed by atoms with Crippen LogP contribution in [0.15, 0.2) is 60.7 Å². The number of benzene rings is 2. The Morgan fingerprint density at radius 1 is 1.00 bits per heavy atom. The molecule has 0 heterocycles. The van der Waals surface area contributed by atoms with Gasteiger partial charge in [0.05, 0.1) is 0 Å². The lowest BCUT2D eigenvalue weighted by atomic mass is 10.1. The van der Waals surface area contributed by atoms with Gasteiger partial charge >= 0.3 is 0 Å². The summed E-state index contributed by atoms with van der Waals surface area (Å²) >= 11 is 0. The Morgan fingerprint density at radius 3 is 2.26 bits per heavy atom. The fourth-order valence-electron chi connectivity index (χ4n) is 2.24. The van der Waals surface area contributed by atoms with E-state index in [1.807, 2.05) is 36.4 Å². The van der Waals surface area contributed by atoms with Crippen molar-refractivity contribution in [2.75, 3.05) is 13.2 Å². The highest BCUT2D eigenvalue weighted by Gasteiger charge is 2.08. The van der Waals surface area contributed by atoms with Gasteiger partial charge in [-0.3, -0.25) is 0 Å². The SMILES string of the molecule is CC(CCc1ccccc1)NCC(O)COc1ccccc1.Cl. The van der Waals surface area contributed by atoms with E-state index in [4.69, 9.17) is 4.74 Å². The minimum absolute atomic E-state index is 0. The predicted molar refractivity (Wildman–Crippen MR) is 97.4 cm³/mol. The van der Waals surface area contributed by atoms with Crippen molar-refractivity contribution in [1.29, 1.82) is 0 Å². The fourth-order valence-corrected chi connectivity index (χ4v) is 2.24. The summed E-state index contributed by atoms with van der Waals surface area (Å²) < 4.78 is 5.54. The summed E-state index contributed by atoms with van der Waals surface area (Å²) in [6, 6.07) is 20.4. The Labute approximate surface area is 145 Å². The summed E-state index contributed by atoms with van der Waals surface area (Å²) in [6.45, 7) is 3.00. The summed E-state index contributed by atoms with van der Waals surface area (Å²) in [5.74, 6) is 0.790. The zero-order valence-corrected chi connectivity index (χ0v) is 14.3. The quantitative estimate of drug-likeness (QED) is 0.737. The lowest BCUT2D eigenvalue weighted by Gasteiger charge is -2.17. The van der Waals surface area contributed by atoms with E-state index < -0.39 is 6.10 Å². The van der Waals surface area contributed by atoms with E-state index in [9.17, 15) is 5.11 Å². The van der Waals surface area contributed by atoms with E-state index in [2.05, 4.69) is 36.5 Å². The molecule has 2 atom stereocenters. The number of nitrogens with one attached hydrogen (secondary N) is 1. The molecule has 2 N–H and O–H groups in total. The smallest absolute Gasteiger partial charge is 0.119 e. The highest BCUT2D eigenvalue weighted by molar-refractivity contribution is 5.85. The molecule has 0 fully saturated rings. The number of halogens is 1. The first-order chi connectivity index (χ1) is 10.7. The van der Waals surface area contributed by atoms with Gasteiger partial charge in [-0.1, -0.05) is 48.5 Å². The van der Waals surface area contributed by atoms with Gasteiger partial charge < -0.3 is 15.2 Å². The Kier molecular flexibility index (Phi) is 9.37. The molecule has 126 valence electrons. The van der Waals surface area contributed by atoms with E-state index in [1.165, 1.54) is 5.56 Å². The number of aliphatic hydroxyl groups is 1. The van der Waals surface area contributed by atoms with Crippen molar-refractivity contribution >= 4 is 12.4 Å². The normalized spacial score (nSPS) is 13.0. The molecule has 0 bridgehead atoms. The summed E-state index contributed by atoms with van der Waals surface area (Å²) in [4.78, 5) is 0. The molecule has 2 rings (SSSR count). The second kappa shape index (κ2) is 11.1. The highest BCUT2D eigenvalue weighted by Crippen LogP contribution is 2.08. The Hall–Kier alpha value is -1.55. The highest BCUT2D eigenvalue weighted by atomic mass is 35.5. The van der Waals surface area contributed by atoms with E-state index in [0.29, 0.717) is 19.2 Å². The van der Waals surface area contributed by atoms with Crippen LogP contribution in [-0.2, 0) is 6.42 Å². The predicted octanol–water partition coefficient (Wildman–Crippen LogP) is 3.46. The molecule has 0 aliphatic heterocycles. The molecule has 0 radical (unpaired) electrons. The van der Waals surface area contributed by atoms with Crippen molar-refractivity contribution in [2.24, 2.45) is 0 Å². The van der Waals surface area contributed by atoms with Gasteiger partial charge in [0.2, 0.25) is 0 Å². The van der Waals surface area contributed by atoms with Gasteiger partial charge in [0.25, 0.3) is 0 Å². The molecule has 0 aromatic heterocycles. The molecule has 0 amide bonds. The largest absolute Gasteiger partial charge is 0.491 e. The van der Waals surface area contributed by atoms with Gasteiger partial charge in [-0.15, -0.1) is 12.4 Å². The number of rotatable bonds is 9. The first-order valence-corrected chi connectivity index (χ1v) is 7.87. The third kappa shape index (κ3) is 8.03. The summed E-state index contributed by atoms with van der Waals surface area (Å²) in [5, 5.41) is 13.3. The van der Waals surface area contributed by atoms with Crippen LogP contribution < -0.4 is 10.1 Å². The van der Waals surface area contributed by atoms with Gasteiger partial charge in [0.15, 0.2) is 0 Å². The Balaban J connectivity index is 0.00000264. The summed E-state index contributed by atoms with van der Waals surface area (Å²) in [6.07, 6.45) is 1.60. The summed E-state index contributed by atoms with van der Waals surface area (Å²) in [5.41, 5.74) is 1.35. The molecule has 23 heavy (non-hydrogen) atoms. The third-order valence-corrected chi connectivity index (χ3v) is 3.60. The molecule has 0 saturated carbocycles. The van der Waals surface area contributed by atoms with E-state index in [0.717, 1.165) is 18.6 Å². The minimum atomic E-state index is -0.501. The topological polar surface area (TPSA) is 41.5 Å². The molecular weight excluding hydrogens is 310 g/mol. The van der Waals surface area contributed by atoms with Gasteiger partial charge in [0, 0.05) is 12.6 Å². The van der Waals surface area contributed by atoms with Gasteiger partial charge in [-0.25, -0.2) is 0 Å². The fraction of sp³-hybridized carbons (Fsp3) is 0.368. The van der Waals surface area contributed by atoms with Crippen molar-refractivity contribution < 1.29 is 9.84 Å². The van der Waals surface area contributed by atoms with Crippen LogP contribution in [-0.4, -0.2) is 30.4 Å². The molecule has 4 heteroatoms. The van der Waals surface area contributed by atoms with E-state index >= 15 is 0 Å². The van der Waals surface area contributed by atoms with Gasteiger partial charge in [0.1, 0.15) is 18.5 Å². The number of ether oxygens (including phenoxy) is 1. The van der Waals surface area contributed by atoms with Crippen LogP contribution in [0.3, 0.4) is 0 Å². The molecule has 2 aromatic carbocycles. The molecular formula is C19H26ClNO2. The van der Waals surface area contributed by atoms with Crippen LogP contribution in [0.4, 0.5) is 0 Å². The van der Waals surface area contributed by atoms with Crippen LogP contribution in [0.2, 0.25) is 0 Å². The van der Waals surface area contributed by atoms with Crippen LogP contribution in [0.1, 0.15) is 18.9 Å². The number of hydrogen-bond donors (Lipinski definition) is 2. The number of hydrogen-bond acceptors (Lipinski definition) is 3. The van der Waals surface area contributed by atoms with Crippen molar-refractivity contribution in [1.82, 2.24) is 5.32 Å². The Bertz CT molecular complexity index is 472. The maximum atomic E-state index is 9.96. The average Bonchev–Trinajstić information content (AvgIpc) is 2.58. The van der Waals surface area contributed by atoms with Crippen LogP contribution in [0.5, 0.6) is 5.75 Å². The van der Waals surface area contributed by atoms with E-state index in [1.54, 1.807) is 0 Å². The van der Waals surface area contributed by atoms with E-state index in [-0.39, 0.29) is 12.4 Å². The second-order valence-electron chi connectivity index (χ2n) is 5.61. The molecule has 0 saturated heterocycles. The van der Waals surface area contributed by atoms with Gasteiger partial charge in [-0.2, -0.15) is 0 Å². The maximum Gasteiger partial charge on any atom is 0.119 e. The monoisotopic (exact) mass is 335 g/mol. The van der Waals surface area contributed by atoms with Crippen LogP contribution >= 0.6 is 12.4 Å². The van der Waals surface area contributed by atoms with Crippen LogP contribution in [0.25, 0.3) is 0 Å². The van der Waals surface area contributed by atoms with Crippen molar-refractivity contribution in [3.05, 3.63) is 66.2 Å². The molecule has 2 unspecified atom stereocenters. The third-order valence-electron chi connectivity index (χ3n) is 3.60. The first kappa shape index (κ1) is 19.5. The lowest BCUT2D eigenvalue weighted by molar-refractivity contribution is 0.104. The van der Waals surface area contributed by atoms with Gasteiger partial charge in [-0.05, 0) is 37.5 Å². The zero-order valence-electron chi connectivity index (χ0n) is 13.5. The molecule has 0 spiro atoms. The maximum absolute atomic E-state index is 9.96. The standard InChI is InChI=1S/C19H25NO2.ClH/c1-16(12-13-17-8-4-2-5-9-17)20-14-18(21)15-22-19-10-6-3-7-11-19;/h2-11,16,18,20-21H,12-15H2,1H3;1H. The molecule has 2 aromatic rings. The van der Waals surface area contributed by atoms with Crippen molar-refractivity contribution in [3.8, 4) is 5.75 Å². The number of aliphatic hydroxyl groups excluding tert-OH is 1. The molecule has 3 nitrogen and oxygen atoms in total. The Morgan fingerprint density at radius 2 is 1.61 bits per heavy atom. The number of aryl methyl sites for hydroxylation is 1. The lowest BCUT2D eigenvalue weighted by Crippen LogP contribution is -2.36. The van der Waals surface area contributed by atoms with Crippen LogP contribution in [0, 0.1) is 0 Å². The zero-order chi connectivity index (χ0) is 15.6. The molecule has 0 aliphatic rings. The average molecular weight is 336 g/mol. The second-order valence-corrected chi connectivity index (χ2v) is 5.61. The molecule has 0 aliphatic carbocycles. The van der Waals surface area contributed by atoms with Crippen molar-refractivity contribution in [2.45, 2.75) is 31.9 Å². The minimum Gasteiger partial charge on any atom is -0.491 e. The summed E-state index contributed by atoms with van der Waals surface area (Å²) in [7, 11) is 0. The van der Waals surface area contributed by atoms with Crippen molar-refractivity contribution in [3.63, 3.8) is 0 Å². The first-order valence-electron chi connectivity index (χ1n) is 7.87. The number of para-hydroxylation sites is 1.